The Bertz CT molecular complexity index is 312. The monoisotopic (exact) mass is 303 g/mol. The lowest BCUT2D eigenvalue weighted by Crippen LogP contribution is -2.37. The molecule has 0 aromatic carbocycles. The molecule has 6 heteroatoms. The summed E-state index contributed by atoms with van der Waals surface area (Å²) in [6, 6.07) is -0.143. The van der Waals surface area contributed by atoms with Crippen molar-refractivity contribution in [2.75, 3.05) is 20.0 Å². The van der Waals surface area contributed by atoms with Crippen LogP contribution in [0.2, 0.25) is 0 Å². The van der Waals surface area contributed by atoms with Crippen molar-refractivity contribution in [2.24, 2.45) is 0 Å². The Morgan fingerprint density at radius 2 is 1.80 bits per heavy atom. The van der Waals surface area contributed by atoms with Crippen LogP contribution >= 0.6 is 11.8 Å². The van der Waals surface area contributed by atoms with Crippen molar-refractivity contribution < 1.29 is 19.1 Å². The molecule has 20 heavy (non-hydrogen) atoms. The van der Waals surface area contributed by atoms with Crippen LogP contribution in [0.15, 0.2) is 0 Å². The first kappa shape index (κ1) is 17.3. The van der Waals surface area contributed by atoms with Crippen molar-refractivity contribution in [3.05, 3.63) is 0 Å². The molecule has 0 aliphatic carbocycles. The maximum absolute atomic E-state index is 11.4. The van der Waals surface area contributed by atoms with E-state index in [2.05, 4.69) is 10.1 Å². The molecule has 0 aromatic heterocycles. The Morgan fingerprint density at radius 1 is 1.10 bits per heavy atom. The molecule has 5 nitrogen and oxygen atoms in total. The number of hydrogen-bond donors (Lipinski definition) is 1. The van der Waals surface area contributed by atoms with Crippen molar-refractivity contribution in [2.45, 2.75) is 56.4 Å². The predicted molar refractivity (Wildman–Crippen MR) is 79.5 cm³/mol. The van der Waals surface area contributed by atoms with Gasteiger partial charge in [0.1, 0.15) is 6.04 Å². The van der Waals surface area contributed by atoms with Crippen molar-refractivity contribution >= 4 is 23.7 Å². The van der Waals surface area contributed by atoms with Gasteiger partial charge in [-0.3, -0.25) is 14.9 Å². The second-order valence-corrected chi connectivity index (χ2v) is 6.18. The lowest BCUT2D eigenvalue weighted by molar-refractivity contribution is -0.142. The summed E-state index contributed by atoms with van der Waals surface area (Å²) in [6.45, 7) is 0. The summed E-state index contributed by atoms with van der Waals surface area (Å²) in [4.78, 5) is 22.3. The average Bonchev–Trinajstić information content (AvgIpc) is 2.93. The summed E-state index contributed by atoms with van der Waals surface area (Å²) in [7, 11) is 2.85. The highest BCUT2D eigenvalue weighted by molar-refractivity contribution is 8.00. The molecule has 1 N–H and O–H groups in total. The molecular formula is C14H25NO4S. The fraction of sp³-hybridized carbons (Fsp3) is 0.857. The molecule has 0 amide bonds. The van der Waals surface area contributed by atoms with E-state index in [0.29, 0.717) is 11.8 Å². The van der Waals surface area contributed by atoms with Gasteiger partial charge in [0, 0.05) is 12.2 Å². The molecule has 0 saturated carbocycles. The van der Waals surface area contributed by atoms with E-state index in [9.17, 15) is 9.59 Å². The molecule has 1 aliphatic heterocycles. The third-order valence-corrected chi connectivity index (χ3v) is 4.71. The molecule has 1 fully saturated rings. The standard InChI is InChI=1S/C14H25NO4S/c1-18-13(16)9-7-5-3-4-6-8-12-15-11(10-20-12)14(17)19-2/h11-12,15H,3-10H2,1-2H3. The second kappa shape index (κ2) is 10.0. The van der Waals surface area contributed by atoms with Crippen molar-refractivity contribution in [3.8, 4) is 0 Å². The summed E-state index contributed by atoms with van der Waals surface area (Å²) in [5, 5.41) is 3.66. The Labute approximate surface area is 125 Å². The van der Waals surface area contributed by atoms with Crippen LogP contribution in [0, 0.1) is 0 Å². The first-order chi connectivity index (χ1) is 9.67. The van der Waals surface area contributed by atoms with E-state index >= 15 is 0 Å². The highest BCUT2D eigenvalue weighted by Crippen LogP contribution is 2.24. The van der Waals surface area contributed by atoms with E-state index in [1.807, 2.05) is 0 Å². The van der Waals surface area contributed by atoms with Gasteiger partial charge in [-0.05, 0) is 12.8 Å². The van der Waals surface area contributed by atoms with Gasteiger partial charge in [0.05, 0.1) is 19.6 Å². The fourth-order valence-corrected chi connectivity index (χ4v) is 3.46. The lowest BCUT2D eigenvalue weighted by Gasteiger charge is -2.11. The zero-order valence-corrected chi connectivity index (χ0v) is 13.2. The average molecular weight is 303 g/mol. The number of hydrogen-bond acceptors (Lipinski definition) is 6. The summed E-state index contributed by atoms with van der Waals surface area (Å²) >= 11 is 1.80. The van der Waals surface area contributed by atoms with Crippen molar-refractivity contribution in [3.63, 3.8) is 0 Å². The number of unbranched alkanes of at least 4 members (excludes halogenated alkanes) is 4. The molecule has 0 spiro atoms. The third kappa shape index (κ3) is 6.61. The fourth-order valence-electron chi connectivity index (χ4n) is 2.21. The number of methoxy groups -OCH3 is 2. The molecule has 0 radical (unpaired) electrons. The van der Waals surface area contributed by atoms with Crippen LogP contribution in [0.1, 0.15) is 44.9 Å². The van der Waals surface area contributed by atoms with Crippen LogP contribution in [0.3, 0.4) is 0 Å². The van der Waals surface area contributed by atoms with Gasteiger partial charge < -0.3 is 9.47 Å². The van der Waals surface area contributed by atoms with Gasteiger partial charge in [-0.15, -0.1) is 11.8 Å². The van der Waals surface area contributed by atoms with E-state index in [1.165, 1.54) is 20.6 Å². The Morgan fingerprint density at radius 3 is 2.50 bits per heavy atom. The van der Waals surface area contributed by atoms with Crippen LogP contribution in [-0.2, 0) is 19.1 Å². The van der Waals surface area contributed by atoms with Gasteiger partial charge in [-0.1, -0.05) is 25.7 Å². The minimum Gasteiger partial charge on any atom is -0.469 e. The van der Waals surface area contributed by atoms with Gasteiger partial charge in [0.15, 0.2) is 0 Å². The van der Waals surface area contributed by atoms with Gasteiger partial charge in [-0.2, -0.15) is 0 Å². The number of carbonyl (C=O) groups is 2. The zero-order chi connectivity index (χ0) is 14.8. The zero-order valence-electron chi connectivity index (χ0n) is 12.4. The second-order valence-electron chi connectivity index (χ2n) is 4.95. The van der Waals surface area contributed by atoms with Crippen molar-refractivity contribution in [1.82, 2.24) is 5.32 Å². The van der Waals surface area contributed by atoms with Gasteiger partial charge in [0.25, 0.3) is 0 Å². The van der Waals surface area contributed by atoms with Gasteiger partial charge in [0.2, 0.25) is 0 Å². The lowest BCUT2D eigenvalue weighted by atomic mass is 10.1. The smallest absolute Gasteiger partial charge is 0.323 e. The minimum atomic E-state index is -0.164. The molecule has 0 bridgehead atoms. The molecule has 2 unspecified atom stereocenters. The molecule has 0 aromatic rings. The van der Waals surface area contributed by atoms with Gasteiger partial charge >= 0.3 is 11.9 Å². The minimum absolute atomic E-state index is 0.120. The molecule has 2 atom stereocenters. The largest absolute Gasteiger partial charge is 0.469 e. The first-order valence-electron chi connectivity index (χ1n) is 7.19. The van der Waals surface area contributed by atoms with Crippen LogP contribution in [0.4, 0.5) is 0 Å². The normalized spacial score (nSPS) is 21.7. The number of carbonyl (C=O) groups excluding carboxylic acids is 2. The molecule has 1 rings (SSSR count). The van der Waals surface area contributed by atoms with Crippen LogP contribution in [0.5, 0.6) is 0 Å². The molecule has 116 valence electrons. The number of ether oxygens (including phenoxy) is 2. The summed E-state index contributed by atoms with van der Waals surface area (Å²) in [5.41, 5.74) is 0. The van der Waals surface area contributed by atoms with E-state index in [0.717, 1.165) is 37.9 Å². The summed E-state index contributed by atoms with van der Waals surface area (Å²) in [6.07, 6.45) is 7.06. The SMILES string of the molecule is COC(=O)CCCCCCCC1NC(C(=O)OC)CS1. The Balaban J connectivity index is 1.95. The number of rotatable bonds is 9. The number of nitrogens with one attached hydrogen (secondary N) is 1. The van der Waals surface area contributed by atoms with Gasteiger partial charge in [-0.25, -0.2) is 0 Å². The van der Waals surface area contributed by atoms with E-state index in [-0.39, 0.29) is 18.0 Å². The van der Waals surface area contributed by atoms with Crippen molar-refractivity contribution in [1.29, 1.82) is 0 Å². The van der Waals surface area contributed by atoms with E-state index in [4.69, 9.17) is 4.74 Å². The highest BCUT2D eigenvalue weighted by Gasteiger charge is 2.29. The molecule has 1 heterocycles. The Kier molecular flexibility index (Phi) is 8.69. The third-order valence-electron chi connectivity index (χ3n) is 3.41. The summed E-state index contributed by atoms with van der Waals surface area (Å²) < 4.78 is 9.32. The number of esters is 2. The maximum atomic E-state index is 11.4. The highest BCUT2D eigenvalue weighted by atomic mass is 32.2. The van der Waals surface area contributed by atoms with Crippen LogP contribution in [0.25, 0.3) is 0 Å². The summed E-state index contributed by atoms with van der Waals surface area (Å²) in [5.74, 6) is 0.518. The van der Waals surface area contributed by atoms with Crippen LogP contribution < -0.4 is 5.32 Å². The molecule has 1 saturated heterocycles. The first-order valence-corrected chi connectivity index (χ1v) is 8.24. The number of thioether (sulfide) groups is 1. The molecule has 1 aliphatic rings. The Hall–Kier alpha value is -0.750. The maximum Gasteiger partial charge on any atom is 0.323 e. The molecular weight excluding hydrogens is 278 g/mol. The van der Waals surface area contributed by atoms with E-state index < -0.39 is 0 Å². The van der Waals surface area contributed by atoms with E-state index in [1.54, 1.807) is 11.8 Å². The predicted octanol–water partition coefficient (Wildman–Crippen LogP) is 2.09. The topological polar surface area (TPSA) is 64.6 Å². The van der Waals surface area contributed by atoms with Crippen LogP contribution in [-0.4, -0.2) is 43.3 Å². The quantitative estimate of drug-likeness (QED) is 0.520.